The standard InChI is InChI=1S/C14H18F3NO/c15-14(16,17)10-19-9-3-8-18-13-7-6-11-4-1-2-5-12(11)13/h1-2,4-5,13,18H,3,6-10H2. The maximum atomic E-state index is 11.8. The molecule has 1 aromatic carbocycles. The van der Waals surface area contributed by atoms with Crippen molar-refractivity contribution in [2.45, 2.75) is 31.5 Å². The molecule has 106 valence electrons. The Balaban J connectivity index is 1.63. The van der Waals surface area contributed by atoms with E-state index in [2.05, 4.69) is 22.2 Å². The van der Waals surface area contributed by atoms with Crippen molar-refractivity contribution >= 4 is 0 Å². The largest absolute Gasteiger partial charge is 0.411 e. The van der Waals surface area contributed by atoms with Gasteiger partial charge >= 0.3 is 6.18 Å². The predicted molar refractivity (Wildman–Crippen MR) is 67.0 cm³/mol. The van der Waals surface area contributed by atoms with Gasteiger partial charge in [-0.3, -0.25) is 0 Å². The smallest absolute Gasteiger partial charge is 0.372 e. The van der Waals surface area contributed by atoms with Gasteiger partial charge in [-0.05, 0) is 36.9 Å². The number of aryl methyl sites for hydroxylation is 1. The van der Waals surface area contributed by atoms with Crippen LogP contribution in [-0.2, 0) is 11.2 Å². The third kappa shape index (κ3) is 4.51. The van der Waals surface area contributed by atoms with Crippen molar-refractivity contribution in [3.8, 4) is 0 Å². The molecular weight excluding hydrogens is 255 g/mol. The molecule has 19 heavy (non-hydrogen) atoms. The summed E-state index contributed by atoms with van der Waals surface area (Å²) in [5.74, 6) is 0. The van der Waals surface area contributed by atoms with E-state index in [4.69, 9.17) is 0 Å². The third-order valence-electron chi connectivity index (χ3n) is 3.25. The Bertz CT molecular complexity index is 406. The Morgan fingerprint density at radius 3 is 2.84 bits per heavy atom. The van der Waals surface area contributed by atoms with E-state index >= 15 is 0 Å². The summed E-state index contributed by atoms with van der Waals surface area (Å²) in [7, 11) is 0. The van der Waals surface area contributed by atoms with E-state index in [1.165, 1.54) is 11.1 Å². The summed E-state index contributed by atoms with van der Waals surface area (Å²) >= 11 is 0. The van der Waals surface area contributed by atoms with Crippen LogP contribution < -0.4 is 5.32 Å². The lowest BCUT2D eigenvalue weighted by Crippen LogP contribution is -2.23. The molecule has 0 aromatic heterocycles. The van der Waals surface area contributed by atoms with Crippen LogP contribution in [-0.4, -0.2) is 25.9 Å². The zero-order valence-corrected chi connectivity index (χ0v) is 10.7. The molecule has 2 rings (SSSR count). The first-order valence-electron chi connectivity index (χ1n) is 6.52. The van der Waals surface area contributed by atoms with Gasteiger partial charge in [-0.1, -0.05) is 24.3 Å². The molecule has 5 heteroatoms. The summed E-state index contributed by atoms with van der Waals surface area (Å²) in [6.45, 7) is -0.336. The van der Waals surface area contributed by atoms with Gasteiger partial charge in [-0.15, -0.1) is 0 Å². The van der Waals surface area contributed by atoms with Crippen LogP contribution >= 0.6 is 0 Å². The van der Waals surface area contributed by atoms with Gasteiger partial charge in [0.25, 0.3) is 0 Å². The zero-order valence-electron chi connectivity index (χ0n) is 10.7. The topological polar surface area (TPSA) is 21.3 Å². The molecule has 1 N–H and O–H groups in total. The molecule has 0 saturated heterocycles. The first-order chi connectivity index (χ1) is 9.06. The van der Waals surface area contributed by atoms with E-state index in [0.717, 1.165) is 12.8 Å². The van der Waals surface area contributed by atoms with Crippen LogP contribution in [0, 0.1) is 0 Å². The minimum Gasteiger partial charge on any atom is -0.372 e. The van der Waals surface area contributed by atoms with Gasteiger partial charge in [0.2, 0.25) is 0 Å². The number of nitrogens with one attached hydrogen (secondary N) is 1. The Morgan fingerprint density at radius 2 is 2.05 bits per heavy atom. The number of rotatable bonds is 6. The monoisotopic (exact) mass is 273 g/mol. The van der Waals surface area contributed by atoms with Gasteiger partial charge < -0.3 is 10.1 Å². The van der Waals surface area contributed by atoms with Crippen LogP contribution in [0.15, 0.2) is 24.3 Å². The van der Waals surface area contributed by atoms with Crippen molar-refractivity contribution in [2.75, 3.05) is 19.8 Å². The van der Waals surface area contributed by atoms with E-state index in [1.807, 2.05) is 12.1 Å². The molecule has 0 spiro atoms. The highest BCUT2D eigenvalue weighted by Gasteiger charge is 2.27. The maximum Gasteiger partial charge on any atom is 0.411 e. The average Bonchev–Trinajstić information content (AvgIpc) is 2.76. The SMILES string of the molecule is FC(F)(F)COCCCNC1CCc2ccccc21. The van der Waals surface area contributed by atoms with Crippen molar-refractivity contribution in [3.05, 3.63) is 35.4 Å². The molecule has 1 atom stereocenters. The normalized spacial score (nSPS) is 18.6. The second-order valence-corrected chi connectivity index (χ2v) is 4.77. The number of fused-ring (bicyclic) bond motifs is 1. The number of hydrogen-bond acceptors (Lipinski definition) is 2. The molecular formula is C14H18F3NO. The zero-order chi connectivity index (χ0) is 13.7. The minimum absolute atomic E-state index is 0.140. The minimum atomic E-state index is -4.22. The van der Waals surface area contributed by atoms with Crippen molar-refractivity contribution in [2.24, 2.45) is 0 Å². The molecule has 0 amide bonds. The summed E-state index contributed by atoms with van der Waals surface area (Å²) in [6, 6.07) is 8.62. The molecule has 2 nitrogen and oxygen atoms in total. The molecule has 0 fully saturated rings. The Kier molecular flexibility index (Phi) is 4.82. The molecule has 1 aliphatic rings. The molecule has 1 aliphatic carbocycles. The lowest BCUT2D eigenvalue weighted by Gasteiger charge is -2.14. The number of halogens is 3. The summed E-state index contributed by atoms with van der Waals surface area (Å²) in [4.78, 5) is 0. The fourth-order valence-electron chi connectivity index (χ4n) is 2.41. The highest BCUT2D eigenvalue weighted by molar-refractivity contribution is 5.34. The van der Waals surface area contributed by atoms with Gasteiger partial charge in [0.1, 0.15) is 6.61 Å². The maximum absolute atomic E-state index is 11.8. The highest BCUT2D eigenvalue weighted by atomic mass is 19.4. The van der Waals surface area contributed by atoms with E-state index in [9.17, 15) is 13.2 Å². The van der Waals surface area contributed by atoms with Crippen LogP contribution in [0.2, 0.25) is 0 Å². The second-order valence-electron chi connectivity index (χ2n) is 4.77. The van der Waals surface area contributed by atoms with Gasteiger partial charge in [0.15, 0.2) is 0 Å². The Hall–Kier alpha value is -1.07. The number of ether oxygens (including phenoxy) is 1. The van der Waals surface area contributed by atoms with Crippen molar-refractivity contribution in [3.63, 3.8) is 0 Å². The second kappa shape index (κ2) is 6.39. The quantitative estimate of drug-likeness (QED) is 0.803. The van der Waals surface area contributed by atoms with E-state index in [0.29, 0.717) is 19.0 Å². The number of hydrogen-bond donors (Lipinski definition) is 1. The molecule has 1 aromatic rings. The lowest BCUT2D eigenvalue weighted by molar-refractivity contribution is -0.173. The summed E-state index contributed by atoms with van der Waals surface area (Å²) in [6.07, 6.45) is -1.51. The number of benzene rings is 1. The summed E-state index contributed by atoms with van der Waals surface area (Å²) in [5, 5.41) is 3.37. The van der Waals surface area contributed by atoms with Crippen LogP contribution in [0.5, 0.6) is 0 Å². The third-order valence-corrected chi connectivity index (χ3v) is 3.25. The van der Waals surface area contributed by atoms with Crippen LogP contribution in [0.25, 0.3) is 0 Å². The van der Waals surface area contributed by atoms with Gasteiger partial charge in [0, 0.05) is 12.6 Å². The van der Waals surface area contributed by atoms with Gasteiger partial charge in [0.05, 0.1) is 0 Å². The molecule has 0 bridgehead atoms. The molecule has 0 aliphatic heterocycles. The average molecular weight is 273 g/mol. The van der Waals surface area contributed by atoms with Crippen molar-refractivity contribution in [1.82, 2.24) is 5.32 Å². The van der Waals surface area contributed by atoms with E-state index < -0.39 is 12.8 Å². The molecule has 1 unspecified atom stereocenters. The van der Waals surface area contributed by atoms with E-state index in [1.54, 1.807) is 0 Å². The first kappa shape index (κ1) is 14.3. The molecule has 0 radical (unpaired) electrons. The first-order valence-corrected chi connectivity index (χ1v) is 6.52. The van der Waals surface area contributed by atoms with Gasteiger partial charge in [-0.2, -0.15) is 13.2 Å². The molecule has 0 saturated carbocycles. The highest BCUT2D eigenvalue weighted by Crippen LogP contribution is 2.30. The van der Waals surface area contributed by atoms with Crippen molar-refractivity contribution in [1.29, 1.82) is 0 Å². The summed E-state index contributed by atoms with van der Waals surface area (Å²) < 4.78 is 40.1. The summed E-state index contributed by atoms with van der Waals surface area (Å²) in [5.41, 5.74) is 2.69. The van der Waals surface area contributed by atoms with Crippen LogP contribution in [0.3, 0.4) is 0 Å². The Labute approximate surface area is 111 Å². The fraction of sp³-hybridized carbons (Fsp3) is 0.571. The lowest BCUT2D eigenvalue weighted by atomic mass is 10.1. The fourth-order valence-corrected chi connectivity index (χ4v) is 2.41. The van der Waals surface area contributed by atoms with Crippen LogP contribution in [0.4, 0.5) is 13.2 Å². The Morgan fingerprint density at radius 1 is 1.26 bits per heavy atom. The molecule has 0 heterocycles. The number of alkyl halides is 3. The van der Waals surface area contributed by atoms with Crippen molar-refractivity contribution < 1.29 is 17.9 Å². The van der Waals surface area contributed by atoms with Crippen LogP contribution in [0.1, 0.15) is 30.0 Å². The van der Waals surface area contributed by atoms with Gasteiger partial charge in [-0.25, -0.2) is 0 Å². The predicted octanol–water partition coefficient (Wildman–Crippen LogP) is 3.23. The van der Waals surface area contributed by atoms with E-state index in [-0.39, 0.29) is 6.61 Å².